The molecule has 0 radical (unpaired) electrons. The van der Waals surface area contributed by atoms with E-state index in [1.807, 2.05) is 38.1 Å². The van der Waals surface area contributed by atoms with Crippen molar-refractivity contribution in [1.82, 2.24) is 0 Å². The van der Waals surface area contributed by atoms with Crippen LogP contribution in [0, 0.1) is 5.41 Å². The SMILES string of the molecule is CCC(C)(CN)C(=O)OCc1ccccc1Br. The van der Waals surface area contributed by atoms with E-state index in [-0.39, 0.29) is 12.6 Å². The van der Waals surface area contributed by atoms with Crippen LogP contribution in [0.15, 0.2) is 28.7 Å². The van der Waals surface area contributed by atoms with Crippen molar-refractivity contribution in [2.45, 2.75) is 26.9 Å². The Labute approximate surface area is 110 Å². The lowest BCUT2D eigenvalue weighted by Gasteiger charge is -2.23. The van der Waals surface area contributed by atoms with Crippen molar-refractivity contribution in [3.8, 4) is 0 Å². The normalized spacial score (nSPS) is 14.1. The molecule has 0 aliphatic heterocycles. The Balaban J connectivity index is 2.63. The van der Waals surface area contributed by atoms with Crippen LogP contribution in [0.1, 0.15) is 25.8 Å². The minimum Gasteiger partial charge on any atom is -0.460 e. The maximum atomic E-state index is 11.9. The highest BCUT2D eigenvalue weighted by Gasteiger charge is 2.31. The lowest BCUT2D eigenvalue weighted by atomic mass is 9.88. The third-order valence-corrected chi connectivity index (χ3v) is 3.81. The van der Waals surface area contributed by atoms with Crippen LogP contribution in [0.4, 0.5) is 0 Å². The summed E-state index contributed by atoms with van der Waals surface area (Å²) in [6.07, 6.45) is 0.679. The summed E-state index contributed by atoms with van der Waals surface area (Å²) in [6, 6.07) is 7.68. The number of esters is 1. The van der Waals surface area contributed by atoms with Crippen LogP contribution < -0.4 is 5.73 Å². The molecular formula is C13H18BrNO2. The van der Waals surface area contributed by atoms with Gasteiger partial charge in [-0.15, -0.1) is 0 Å². The molecule has 0 heterocycles. The summed E-state index contributed by atoms with van der Waals surface area (Å²) in [4.78, 5) is 11.9. The topological polar surface area (TPSA) is 52.3 Å². The quantitative estimate of drug-likeness (QED) is 0.851. The summed E-state index contributed by atoms with van der Waals surface area (Å²) >= 11 is 3.41. The van der Waals surface area contributed by atoms with Gasteiger partial charge in [-0.2, -0.15) is 0 Å². The molecular weight excluding hydrogens is 282 g/mol. The van der Waals surface area contributed by atoms with E-state index < -0.39 is 5.41 Å². The molecule has 0 saturated heterocycles. The van der Waals surface area contributed by atoms with Gasteiger partial charge in [-0.05, 0) is 19.4 Å². The maximum absolute atomic E-state index is 11.9. The van der Waals surface area contributed by atoms with E-state index in [2.05, 4.69) is 15.9 Å². The number of rotatable bonds is 5. The number of ether oxygens (including phenoxy) is 1. The molecule has 3 nitrogen and oxygen atoms in total. The fourth-order valence-corrected chi connectivity index (χ4v) is 1.70. The van der Waals surface area contributed by atoms with E-state index in [1.165, 1.54) is 0 Å². The van der Waals surface area contributed by atoms with Crippen LogP contribution in [0.5, 0.6) is 0 Å². The first-order valence-electron chi connectivity index (χ1n) is 5.64. The summed E-state index contributed by atoms with van der Waals surface area (Å²) in [5, 5.41) is 0. The second-order valence-corrected chi connectivity index (χ2v) is 5.14. The molecule has 0 aromatic heterocycles. The van der Waals surface area contributed by atoms with Crippen LogP contribution in [0.2, 0.25) is 0 Å². The zero-order chi connectivity index (χ0) is 12.9. The second kappa shape index (κ2) is 6.17. The van der Waals surface area contributed by atoms with Crippen molar-refractivity contribution in [3.05, 3.63) is 34.3 Å². The van der Waals surface area contributed by atoms with Crippen LogP contribution in [0.3, 0.4) is 0 Å². The first-order chi connectivity index (χ1) is 8.03. The van der Waals surface area contributed by atoms with Gasteiger partial charge in [0.2, 0.25) is 0 Å². The standard InChI is InChI=1S/C13H18BrNO2/c1-3-13(2,9-15)12(16)17-8-10-6-4-5-7-11(10)14/h4-7H,3,8-9,15H2,1-2H3. The number of hydrogen-bond donors (Lipinski definition) is 1. The summed E-state index contributed by atoms with van der Waals surface area (Å²) in [5.74, 6) is -0.238. The van der Waals surface area contributed by atoms with Crippen molar-refractivity contribution < 1.29 is 9.53 Å². The van der Waals surface area contributed by atoms with Gasteiger partial charge in [-0.3, -0.25) is 4.79 Å². The zero-order valence-electron chi connectivity index (χ0n) is 10.2. The van der Waals surface area contributed by atoms with Crippen molar-refractivity contribution in [2.75, 3.05) is 6.54 Å². The predicted molar refractivity (Wildman–Crippen MR) is 71.4 cm³/mol. The molecule has 1 unspecified atom stereocenters. The highest BCUT2D eigenvalue weighted by Crippen LogP contribution is 2.23. The maximum Gasteiger partial charge on any atom is 0.313 e. The average molecular weight is 300 g/mol. The lowest BCUT2D eigenvalue weighted by molar-refractivity contribution is -0.156. The number of nitrogens with two attached hydrogens (primary N) is 1. The molecule has 0 amide bonds. The highest BCUT2D eigenvalue weighted by molar-refractivity contribution is 9.10. The van der Waals surface area contributed by atoms with Crippen LogP contribution in [0.25, 0.3) is 0 Å². The van der Waals surface area contributed by atoms with Gasteiger partial charge in [0.1, 0.15) is 6.61 Å². The van der Waals surface area contributed by atoms with Crippen molar-refractivity contribution >= 4 is 21.9 Å². The van der Waals surface area contributed by atoms with Crippen LogP contribution in [-0.2, 0) is 16.1 Å². The summed E-state index contributed by atoms with van der Waals surface area (Å²) in [6.45, 7) is 4.34. The molecule has 0 spiro atoms. The lowest BCUT2D eigenvalue weighted by Crippen LogP contribution is -2.36. The van der Waals surface area contributed by atoms with E-state index in [1.54, 1.807) is 0 Å². The Kier molecular flexibility index (Phi) is 5.15. The average Bonchev–Trinajstić information content (AvgIpc) is 2.36. The Morgan fingerprint density at radius 2 is 2.12 bits per heavy atom. The zero-order valence-corrected chi connectivity index (χ0v) is 11.8. The molecule has 2 N–H and O–H groups in total. The molecule has 0 aliphatic carbocycles. The van der Waals surface area contributed by atoms with E-state index in [9.17, 15) is 4.79 Å². The first-order valence-corrected chi connectivity index (χ1v) is 6.43. The third kappa shape index (κ3) is 3.54. The largest absolute Gasteiger partial charge is 0.460 e. The van der Waals surface area contributed by atoms with E-state index in [4.69, 9.17) is 10.5 Å². The highest BCUT2D eigenvalue weighted by atomic mass is 79.9. The molecule has 0 fully saturated rings. The molecule has 17 heavy (non-hydrogen) atoms. The fourth-order valence-electron chi connectivity index (χ4n) is 1.30. The van der Waals surface area contributed by atoms with Gasteiger partial charge in [0.15, 0.2) is 0 Å². The van der Waals surface area contributed by atoms with Crippen LogP contribution >= 0.6 is 15.9 Å². The Bertz CT molecular complexity index is 389. The number of carbonyl (C=O) groups is 1. The number of carbonyl (C=O) groups excluding carboxylic acids is 1. The minimum atomic E-state index is -0.582. The van der Waals surface area contributed by atoms with Gasteiger partial charge < -0.3 is 10.5 Å². The molecule has 1 atom stereocenters. The van der Waals surface area contributed by atoms with Gasteiger partial charge >= 0.3 is 5.97 Å². The Hall–Kier alpha value is -0.870. The summed E-state index contributed by atoms with van der Waals surface area (Å²) in [7, 11) is 0. The molecule has 1 rings (SSSR count). The molecule has 0 bridgehead atoms. The fraction of sp³-hybridized carbons (Fsp3) is 0.462. The number of hydrogen-bond acceptors (Lipinski definition) is 3. The van der Waals surface area contributed by atoms with Gasteiger partial charge in [-0.1, -0.05) is 41.1 Å². The van der Waals surface area contributed by atoms with E-state index >= 15 is 0 Å². The summed E-state index contributed by atoms with van der Waals surface area (Å²) < 4.78 is 6.25. The third-order valence-electron chi connectivity index (χ3n) is 3.04. The predicted octanol–water partition coefficient (Wildman–Crippen LogP) is 2.87. The smallest absolute Gasteiger partial charge is 0.313 e. The first kappa shape index (κ1) is 14.2. The van der Waals surface area contributed by atoms with Gasteiger partial charge in [0, 0.05) is 16.6 Å². The van der Waals surface area contributed by atoms with Crippen LogP contribution in [-0.4, -0.2) is 12.5 Å². The van der Waals surface area contributed by atoms with Gasteiger partial charge in [0.25, 0.3) is 0 Å². The molecule has 1 aromatic carbocycles. The molecule has 0 aliphatic rings. The number of benzene rings is 1. The molecule has 94 valence electrons. The Morgan fingerprint density at radius 1 is 1.47 bits per heavy atom. The van der Waals surface area contributed by atoms with Crippen molar-refractivity contribution in [2.24, 2.45) is 11.1 Å². The molecule has 1 aromatic rings. The van der Waals surface area contributed by atoms with E-state index in [0.29, 0.717) is 13.0 Å². The summed E-state index contributed by atoms with van der Waals surface area (Å²) in [5.41, 5.74) is 5.98. The van der Waals surface area contributed by atoms with Gasteiger partial charge in [0.05, 0.1) is 5.41 Å². The van der Waals surface area contributed by atoms with E-state index in [0.717, 1.165) is 10.0 Å². The van der Waals surface area contributed by atoms with Crippen molar-refractivity contribution in [3.63, 3.8) is 0 Å². The minimum absolute atomic E-state index is 0.238. The number of halogens is 1. The molecule has 0 saturated carbocycles. The Morgan fingerprint density at radius 3 is 2.65 bits per heavy atom. The van der Waals surface area contributed by atoms with Gasteiger partial charge in [-0.25, -0.2) is 0 Å². The van der Waals surface area contributed by atoms with Crippen molar-refractivity contribution in [1.29, 1.82) is 0 Å². The molecule has 4 heteroatoms. The monoisotopic (exact) mass is 299 g/mol. The second-order valence-electron chi connectivity index (χ2n) is 4.29.